The number of rotatable bonds is 10. The lowest BCUT2D eigenvalue weighted by molar-refractivity contribution is -0.116. The van der Waals surface area contributed by atoms with Crippen LogP contribution in [0.4, 0.5) is 10.1 Å². The lowest BCUT2D eigenvalue weighted by Crippen LogP contribution is -2.11. The normalized spacial score (nSPS) is 10.5. The Balaban J connectivity index is 1.79. The lowest BCUT2D eigenvalue weighted by Gasteiger charge is -2.09. The van der Waals surface area contributed by atoms with E-state index in [0.717, 1.165) is 25.7 Å². The number of hydrogen-bond acceptors (Lipinski definition) is 4. The summed E-state index contributed by atoms with van der Waals surface area (Å²) in [6.07, 6.45) is 5.86. The van der Waals surface area contributed by atoms with Gasteiger partial charge in [-0.3, -0.25) is 9.78 Å². The molecule has 1 aromatic carbocycles. The van der Waals surface area contributed by atoms with Gasteiger partial charge < -0.3 is 15.8 Å². The summed E-state index contributed by atoms with van der Waals surface area (Å²) in [6, 6.07) is 9.86. The van der Waals surface area contributed by atoms with E-state index in [9.17, 15) is 9.18 Å². The number of aromatic nitrogens is 1. The van der Waals surface area contributed by atoms with Crippen molar-refractivity contribution in [3.05, 3.63) is 54.1 Å². The molecule has 0 bridgehead atoms. The van der Waals surface area contributed by atoms with E-state index in [1.807, 2.05) is 6.07 Å². The molecule has 0 spiro atoms. The summed E-state index contributed by atoms with van der Waals surface area (Å²) in [4.78, 5) is 16.0. The molecule has 5 nitrogen and oxygen atoms in total. The van der Waals surface area contributed by atoms with Crippen LogP contribution >= 0.6 is 0 Å². The highest BCUT2D eigenvalue weighted by Crippen LogP contribution is 2.22. The van der Waals surface area contributed by atoms with E-state index >= 15 is 0 Å². The number of pyridine rings is 1. The number of unbranched alkanes of at least 4 members (excludes halogenated alkanes) is 3. The van der Waals surface area contributed by atoms with Crippen LogP contribution < -0.4 is 15.8 Å². The fourth-order valence-electron chi connectivity index (χ4n) is 2.34. The van der Waals surface area contributed by atoms with E-state index < -0.39 is 5.82 Å². The van der Waals surface area contributed by atoms with Gasteiger partial charge in [-0.25, -0.2) is 4.39 Å². The Kier molecular flexibility index (Phi) is 7.85. The van der Waals surface area contributed by atoms with Crippen molar-refractivity contribution in [1.29, 1.82) is 0 Å². The van der Waals surface area contributed by atoms with Gasteiger partial charge in [0, 0.05) is 24.4 Å². The number of hydrogen-bond donors (Lipinski definition) is 2. The number of nitrogens with one attached hydrogen (secondary N) is 1. The molecule has 2 aromatic rings. The van der Waals surface area contributed by atoms with Crippen molar-refractivity contribution in [3.8, 4) is 5.75 Å². The van der Waals surface area contributed by atoms with Crippen LogP contribution in [0.2, 0.25) is 0 Å². The average Bonchev–Trinajstić information content (AvgIpc) is 2.62. The molecule has 134 valence electrons. The van der Waals surface area contributed by atoms with E-state index in [0.29, 0.717) is 24.3 Å². The monoisotopic (exact) mass is 345 g/mol. The van der Waals surface area contributed by atoms with E-state index in [1.54, 1.807) is 24.4 Å². The van der Waals surface area contributed by atoms with E-state index in [2.05, 4.69) is 10.3 Å². The average molecular weight is 345 g/mol. The van der Waals surface area contributed by atoms with Gasteiger partial charge >= 0.3 is 0 Å². The zero-order valence-corrected chi connectivity index (χ0v) is 14.2. The summed E-state index contributed by atoms with van der Waals surface area (Å²) in [5.74, 6) is -0.503. The first-order valence-electron chi connectivity index (χ1n) is 8.51. The summed E-state index contributed by atoms with van der Waals surface area (Å²) < 4.78 is 19.5. The molecule has 1 aromatic heterocycles. The predicted octanol–water partition coefficient (Wildman–Crippen LogP) is 3.65. The van der Waals surface area contributed by atoms with Crippen LogP contribution in [-0.4, -0.2) is 17.4 Å². The van der Waals surface area contributed by atoms with Crippen molar-refractivity contribution in [2.75, 3.05) is 11.9 Å². The fourth-order valence-corrected chi connectivity index (χ4v) is 2.34. The Labute approximate surface area is 147 Å². The van der Waals surface area contributed by atoms with Crippen LogP contribution in [0, 0.1) is 5.82 Å². The Hall–Kier alpha value is -2.47. The molecule has 1 amide bonds. The SMILES string of the molecule is NCCCCCCC(=O)Nc1ccc(OCc2ccccn2)c(F)c1. The number of ether oxygens (including phenoxy) is 1. The molecule has 0 saturated heterocycles. The zero-order chi connectivity index (χ0) is 17.9. The fraction of sp³-hybridized carbons (Fsp3) is 0.368. The molecule has 0 fully saturated rings. The van der Waals surface area contributed by atoms with Crippen molar-refractivity contribution in [2.45, 2.75) is 38.7 Å². The Bertz CT molecular complexity index is 665. The number of amides is 1. The number of nitrogens with two attached hydrogens (primary N) is 1. The minimum absolute atomic E-state index is 0.116. The first-order chi connectivity index (χ1) is 12.2. The topological polar surface area (TPSA) is 77.2 Å². The van der Waals surface area contributed by atoms with Crippen molar-refractivity contribution < 1.29 is 13.9 Å². The molecule has 0 aliphatic rings. The summed E-state index contributed by atoms with van der Waals surface area (Å²) in [6.45, 7) is 0.868. The van der Waals surface area contributed by atoms with Crippen LogP contribution in [0.1, 0.15) is 37.8 Å². The summed E-state index contributed by atoms with van der Waals surface area (Å²) >= 11 is 0. The molecule has 0 aliphatic carbocycles. The molecule has 3 N–H and O–H groups in total. The number of nitrogens with zero attached hydrogens (tertiary/aromatic N) is 1. The third-order valence-corrected chi connectivity index (χ3v) is 3.68. The number of halogens is 1. The number of carbonyl (C=O) groups is 1. The largest absolute Gasteiger partial charge is 0.484 e. The molecule has 0 saturated carbocycles. The second kappa shape index (κ2) is 10.4. The molecule has 0 radical (unpaired) electrons. The van der Waals surface area contributed by atoms with Gasteiger partial charge in [0.1, 0.15) is 6.61 Å². The van der Waals surface area contributed by atoms with Gasteiger partial charge in [0.05, 0.1) is 5.69 Å². The molecule has 6 heteroatoms. The highest BCUT2D eigenvalue weighted by molar-refractivity contribution is 5.90. The van der Waals surface area contributed by atoms with Crippen LogP contribution in [0.5, 0.6) is 5.75 Å². The number of anilines is 1. The predicted molar refractivity (Wildman–Crippen MR) is 95.7 cm³/mol. The highest BCUT2D eigenvalue weighted by Gasteiger charge is 2.08. The molecular weight excluding hydrogens is 321 g/mol. The molecule has 0 atom stereocenters. The Morgan fingerprint density at radius 1 is 1.16 bits per heavy atom. The van der Waals surface area contributed by atoms with Crippen molar-refractivity contribution in [2.24, 2.45) is 5.73 Å². The Morgan fingerprint density at radius 2 is 2.00 bits per heavy atom. The highest BCUT2D eigenvalue weighted by atomic mass is 19.1. The third-order valence-electron chi connectivity index (χ3n) is 3.68. The van der Waals surface area contributed by atoms with E-state index in [4.69, 9.17) is 10.5 Å². The van der Waals surface area contributed by atoms with Gasteiger partial charge in [-0.1, -0.05) is 18.9 Å². The van der Waals surface area contributed by atoms with Crippen LogP contribution in [0.15, 0.2) is 42.6 Å². The number of benzene rings is 1. The zero-order valence-electron chi connectivity index (χ0n) is 14.2. The maximum absolute atomic E-state index is 14.1. The molecule has 1 heterocycles. The maximum Gasteiger partial charge on any atom is 0.224 e. The summed E-state index contributed by atoms with van der Waals surface area (Å²) in [5.41, 5.74) is 6.57. The van der Waals surface area contributed by atoms with Gasteiger partial charge in [-0.05, 0) is 43.7 Å². The molecular formula is C19H24FN3O2. The lowest BCUT2D eigenvalue weighted by atomic mass is 10.1. The second-order valence-corrected chi connectivity index (χ2v) is 5.76. The van der Waals surface area contributed by atoms with Gasteiger partial charge in [-0.15, -0.1) is 0 Å². The van der Waals surface area contributed by atoms with Crippen molar-refractivity contribution in [3.63, 3.8) is 0 Å². The third kappa shape index (κ3) is 6.89. The Morgan fingerprint density at radius 3 is 2.72 bits per heavy atom. The smallest absolute Gasteiger partial charge is 0.224 e. The van der Waals surface area contributed by atoms with E-state index in [-0.39, 0.29) is 18.3 Å². The van der Waals surface area contributed by atoms with Crippen LogP contribution in [0.3, 0.4) is 0 Å². The molecule has 0 aliphatic heterocycles. The summed E-state index contributed by atoms with van der Waals surface area (Å²) in [5, 5.41) is 2.70. The molecule has 0 unspecified atom stereocenters. The van der Waals surface area contributed by atoms with E-state index in [1.165, 1.54) is 12.1 Å². The van der Waals surface area contributed by atoms with Crippen LogP contribution in [0.25, 0.3) is 0 Å². The van der Waals surface area contributed by atoms with Crippen molar-refractivity contribution >= 4 is 11.6 Å². The first kappa shape index (κ1) is 18.9. The number of carbonyl (C=O) groups excluding carboxylic acids is 1. The van der Waals surface area contributed by atoms with Gasteiger partial charge in [0.2, 0.25) is 5.91 Å². The summed E-state index contributed by atoms with van der Waals surface area (Å²) in [7, 11) is 0. The second-order valence-electron chi connectivity index (χ2n) is 5.76. The molecule has 25 heavy (non-hydrogen) atoms. The van der Waals surface area contributed by atoms with Crippen molar-refractivity contribution in [1.82, 2.24) is 4.98 Å². The van der Waals surface area contributed by atoms with Gasteiger partial charge in [0.25, 0.3) is 0 Å². The van der Waals surface area contributed by atoms with Gasteiger partial charge in [-0.2, -0.15) is 0 Å². The van der Waals surface area contributed by atoms with Crippen LogP contribution in [-0.2, 0) is 11.4 Å². The quantitative estimate of drug-likeness (QED) is 0.645. The first-order valence-corrected chi connectivity index (χ1v) is 8.51. The molecule has 2 rings (SSSR count). The minimum Gasteiger partial charge on any atom is -0.484 e. The standard InChI is InChI=1S/C19H24FN3O2/c20-17-13-15(23-19(24)8-3-1-2-5-11-21)9-10-18(17)25-14-16-7-4-6-12-22-16/h4,6-7,9-10,12-13H,1-3,5,8,11,14,21H2,(H,23,24). The minimum atomic E-state index is -0.517. The van der Waals surface area contributed by atoms with Gasteiger partial charge in [0.15, 0.2) is 11.6 Å². The maximum atomic E-state index is 14.1.